The molecule has 0 aliphatic rings. The minimum atomic E-state index is -0.825. The van der Waals surface area contributed by atoms with Crippen molar-refractivity contribution in [3.63, 3.8) is 0 Å². The summed E-state index contributed by atoms with van der Waals surface area (Å²) in [5.41, 5.74) is 0.538. The molecule has 0 amide bonds. The van der Waals surface area contributed by atoms with Crippen molar-refractivity contribution in [2.24, 2.45) is 5.92 Å². The zero-order chi connectivity index (χ0) is 14.7. The molecule has 3 heteroatoms. The Morgan fingerprint density at radius 1 is 0.900 bits per heavy atom. The third kappa shape index (κ3) is 2.99. The highest BCUT2D eigenvalue weighted by atomic mass is 16.2. The van der Waals surface area contributed by atoms with Crippen LogP contribution in [0.4, 0.5) is 0 Å². The highest BCUT2D eigenvalue weighted by molar-refractivity contribution is 6.07. The van der Waals surface area contributed by atoms with Crippen molar-refractivity contribution in [1.82, 2.24) is 0 Å². The second kappa shape index (κ2) is 5.78. The van der Waals surface area contributed by atoms with Crippen molar-refractivity contribution < 1.29 is 14.4 Å². The molecule has 2 aromatic carbocycles. The number of ketones is 3. The van der Waals surface area contributed by atoms with Crippen molar-refractivity contribution in [2.45, 2.75) is 20.3 Å². The predicted molar refractivity (Wildman–Crippen MR) is 77.7 cm³/mol. The predicted octanol–water partition coefficient (Wildman–Crippen LogP) is 3.21. The molecule has 0 aliphatic carbocycles. The monoisotopic (exact) mass is 268 g/mol. The maximum Gasteiger partial charge on any atom is 0.164 e. The molecule has 3 nitrogen and oxygen atoms in total. The van der Waals surface area contributed by atoms with Crippen LogP contribution in [-0.2, 0) is 9.59 Å². The molecule has 2 rings (SSSR count). The van der Waals surface area contributed by atoms with E-state index in [1.165, 1.54) is 13.8 Å². The van der Waals surface area contributed by atoms with Gasteiger partial charge in [0.05, 0.1) is 5.92 Å². The first-order valence-corrected chi connectivity index (χ1v) is 6.52. The largest absolute Gasteiger partial charge is 0.299 e. The summed E-state index contributed by atoms with van der Waals surface area (Å²) in [4.78, 5) is 35.0. The Kier molecular flexibility index (Phi) is 4.08. The van der Waals surface area contributed by atoms with Crippen LogP contribution in [0.2, 0.25) is 0 Å². The van der Waals surface area contributed by atoms with Gasteiger partial charge in [-0.25, -0.2) is 0 Å². The summed E-state index contributed by atoms with van der Waals surface area (Å²) in [5.74, 6) is -1.52. The quantitative estimate of drug-likeness (QED) is 0.618. The number of carbonyl (C=O) groups is 3. The van der Waals surface area contributed by atoms with Gasteiger partial charge in [0.25, 0.3) is 0 Å². The molecule has 0 bridgehead atoms. The van der Waals surface area contributed by atoms with Crippen molar-refractivity contribution in [1.29, 1.82) is 0 Å². The van der Waals surface area contributed by atoms with Crippen LogP contribution in [-0.4, -0.2) is 17.3 Å². The van der Waals surface area contributed by atoms with E-state index < -0.39 is 5.92 Å². The fourth-order valence-electron chi connectivity index (χ4n) is 2.24. The summed E-state index contributed by atoms with van der Waals surface area (Å²) in [6.45, 7) is 2.69. The van der Waals surface area contributed by atoms with Gasteiger partial charge in [-0.05, 0) is 30.7 Å². The summed E-state index contributed by atoms with van der Waals surface area (Å²) < 4.78 is 0. The van der Waals surface area contributed by atoms with E-state index in [-0.39, 0.29) is 23.8 Å². The molecule has 0 aliphatic heterocycles. The van der Waals surface area contributed by atoms with Gasteiger partial charge in [-0.3, -0.25) is 14.4 Å². The van der Waals surface area contributed by atoms with Gasteiger partial charge < -0.3 is 0 Å². The molecule has 0 saturated heterocycles. The van der Waals surface area contributed by atoms with Crippen LogP contribution in [0.1, 0.15) is 30.6 Å². The molecule has 0 fully saturated rings. The Bertz CT molecular complexity index is 671. The van der Waals surface area contributed by atoms with Crippen molar-refractivity contribution in [3.8, 4) is 0 Å². The summed E-state index contributed by atoms with van der Waals surface area (Å²) in [5, 5.41) is 2.03. The van der Waals surface area contributed by atoms with E-state index in [9.17, 15) is 14.4 Å². The first kappa shape index (κ1) is 14.1. The van der Waals surface area contributed by atoms with Crippen LogP contribution in [0.25, 0.3) is 10.8 Å². The highest BCUT2D eigenvalue weighted by Gasteiger charge is 2.23. The Hall–Kier alpha value is -2.29. The molecule has 0 unspecified atom stereocenters. The fraction of sp³-hybridized carbons (Fsp3) is 0.235. The lowest BCUT2D eigenvalue weighted by Crippen LogP contribution is -2.22. The maximum absolute atomic E-state index is 12.2. The first-order valence-electron chi connectivity index (χ1n) is 6.52. The average molecular weight is 268 g/mol. The lowest BCUT2D eigenvalue weighted by Gasteiger charge is -2.09. The molecule has 0 heterocycles. The van der Waals surface area contributed by atoms with Gasteiger partial charge in [0.15, 0.2) is 5.78 Å². The zero-order valence-corrected chi connectivity index (χ0v) is 11.6. The van der Waals surface area contributed by atoms with Gasteiger partial charge in [-0.15, -0.1) is 0 Å². The minimum Gasteiger partial charge on any atom is -0.299 e. The van der Waals surface area contributed by atoms with Crippen molar-refractivity contribution in [3.05, 3.63) is 48.0 Å². The standard InChI is InChI=1S/C17H16O3/c1-11(18)16(12(2)19)10-17(20)15-8-7-13-5-3-4-6-14(13)9-15/h3-9,16H,10H2,1-2H3. The summed E-state index contributed by atoms with van der Waals surface area (Å²) in [6.07, 6.45) is -0.0526. The zero-order valence-electron chi connectivity index (χ0n) is 11.6. The van der Waals surface area contributed by atoms with Gasteiger partial charge in [-0.2, -0.15) is 0 Å². The number of rotatable bonds is 5. The molecule has 0 saturated carbocycles. The Labute approximate surface area is 117 Å². The van der Waals surface area contributed by atoms with Gasteiger partial charge in [-0.1, -0.05) is 36.4 Å². The smallest absolute Gasteiger partial charge is 0.164 e. The number of benzene rings is 2. The van der Waals surface area contributed by atoms with Crippen LogP contribution >= 0.6 is 0 Å². The van der Waals surface area contributed by atoms with Gasteiger partial charge in [0, 0.05) is 12.0 Å². The Balaban J connectivity index is 2.27. The van der Waals surface area contributed by atoms with E-state index in [4.69, 9.17) is 0 Å². The number of hydrogen-bond acceptors (Lipinski definition) is 3. The molecular formula is C17H16O3. The molecule has 0 radical (unpaired) electrons. The van der Waals surface area contributed by atoms with Gasteiger partial charge >= 0.3 is 0 Å². The Morgan fingerprint density at radius 3 is 2.10 bits per heavy atom. The van der Waals surface area contributed by atoms with Gasteiger partial charge in [0.2, 0.25) is 0 Å². The Morgan fingerprint density at radius 2 is 1.50 bits per heavy atom. The number of hydrogen-bond donors (Lipinski definition) is 0. The maximum atomic E-state index is 12.2. The third-order valence-corrected chi connectivity index (χ3v) is 3.44. The molecule has 0 spiro atoms. The summed E-state index contributed by atoms with van der Waals surface area (Å²) >= 11 is 0. The van der Waals surface area contributed by atoms with Crippen LogP contribution in [0, 0.1) is 5.92 Å². The second-order valence-electron chi connectivity index (χ2n) is 4.96. The SMILES string of the molecule is CC(=O)C(CC(=O)c1ccc2ccccc2c1)C(C)=O. The normalized spacial score (nSPS) is 10.8. The van der Waals surface area contributed by atoms with E-state index in [0.29, 0.717) is 5.56 Å². The van der Waals surface area contributed by atoms with E-state index in [0.717, 1.165) is 10.8 Å². The molecular weight excluding hydrogens is 252 g/mol. The highest BCUT2D eigenvalue weighted by Crippen LogP contribution is 2.18. The second-order valence-corrected chi connectivity index (χ2v) is 4.96. The van der Waals surface area contributed by atoms with Crippen LogP contribution < -0.4 is 0 Å². The molecule has 102 valence electrons. The van der Waals surface area contributed by atoms with Crippen molar-refractivity contribution in [2.75, 3.05) is 0 Å². The van der Waals surface area contributed by atoms with Gasteiger partial charge in [0.1, 0.15) is 11.6 Å². The number of Topliss-reactive ketones (excluding diaryl/α,β-unsaturated/α-hetero) is 3. The topological polar surface area (TPSA) is 51.2 Å². The average Bonchev–Trinajstić information content (AvgIpc) is 2.43. The van der Waals surface area contributed by atoms with E-state index in [1.807, 2.05) is 30.3 Å². The molecule has 0 aromatic heterocycles. The summed E-state index contributed by atoms with van der Waals surface area (Å²) in [7, 11) is 0. The molecule has 2 aromatic rings. The fourth-order valence-corrected chi connectivity index (χ4v) is 2.24. The minimum absolute atomic E-state index is 0.0526. The number of fused-ring (bicyclic) bond motifs is 1. The summed E-state index contributed by atoms with van der Waals surface area (Å²) in [6, 6.07) is 13.2. The first-order chi connectivity index (χ1) is 9.49. The lowest BCUT2D eigenvalue weighted by atomic mass is 9.91. The third-order valence-electron chi connectivity index (χ3n) is 3.44. The van der Waals surface area contributed by atoms with E-state index in [2.05, 4.69) is 0 Å². The van der Waals surface area contributed by atoms with Crippen molar-refractivity contribution >= 4 is 28.1 Å². The molecule has 0 atom stereocenters. The van der Waals surface area contributed by atoms with Crippen LogP contribution in [0.5, 0.6) is 0 Å². The van der Waals surface area contributed by atoms with E-state index >= 15 is 0 Å². The number of carbonyl (C=O) groups excluding carboxylic acids is 3. The van der Waals surface area contributed by atoms with E-state index in [1.54, 1.807) is 12.1 Å². The lowest BCUT2D eigenvalue weighted by molar-refractivity contribution is -0.130. The van der Waals surface area contributed by atoms with Crippen LogP contribution in [0.3, 0.4) is 0 Å². The van der Waals surface area contributed by atoms with Crippen LogP contribution in [0.15, 0.2) is 42.5 Å². The molecule has 20 heavy (non-hydrogen) atoms. The molecule has 0 N–H and O–H groups in total.